The summed E-state index contributed by atoms with van der Waals surface area (Å²) in [6, 6.07) is -0.196. The SMILES string of the molecule is C=C(C)C(N)c1cn[nH]n1. The Morgan fingerprint density at radius 1 is 1.90 bits per heavy atom. The summed E-state index contributed by atoms with van der Waals surface area (Å²) in [5.74, 6) is 0. The van der Waals surface area contributed by atoms with Gasteiger partial charge in [0, 0.05) is 0 Å². The Bertz CT molecular complexity index is 214. The summed E-state index contributed by atoms with van der Waals surface area (Å²) < 4.78 is 0. The average Bonchev–Trinajstić information content (AvgIpc) is 2.36. The first-order chi connectivity index (χ1) is 4.72. The third kappa shape index (κ3) is 1.22. The van der Waals surface area contributed by atoms with E-state index in [4.69, 9.17) is 5.73 Å². The van der Waals surface area contributed by atoms with Gasteiger partial charge in [-0.3, -0.25) is 0 Å². The Kier molecular flexibility index (Phi) is 1.82. The minimum Gasteiger partial charge on any atom is -0.319 e. The van der Waals surface area contributed by atoms with Crippen molar-refractivity contribution in [1.29, 1.82) is 0 Å². The fourth-order valence-corrected chi connectivity index (χ4v) is 0.613. The van der Waals surface area contributed by atoms with Gasteiger partial charge in [-0.2, -0.15) is 15.4 Å². The van der Waals surface area contributed by atoms with Crippen molar-refractivity contribution in [2.24, 2.45) is 5.73 Å². The molecule has 0 aliphatic rings. The Labute approximate surface area is 59.1 Å². The first-order valence-corrected chi connectivity index (χ1v) is 2.98. The molecular formula is C6H10N4. The third-order valence-corrected chi connectivity index (χ3v) is 1.28. The summed E-state index contributed by atoms with van der Waals surface area (Å²) in [7, 11) is 0. The number of hydrogen-bond donors (Lipinski definition) is 2. The molecule has 0 spiro atoms. The van der Waals surface area contributed by atoms with E-state index < -0.39 is 0 Å². The summed E-state index contributed by atoms with van der Waals surface area (Å²) in [5.41, 5.74) is 7.27. The molecule has 1 aromatic rings. The molecule has 0 bridgehead atoms. The highest BCUT2D eigenvalue weighted by Crippen LogP contribution is 2.11. The van der Waals surface area contributed by atoms with Gasteiger partial charge in [0.25, 0.3) is 0 Å². The lowest BCUT2D eigenvalue weighted by Gasteiger charge is -2.04. The normalized spacial score (nSPS) is 13.0. The van der Waals surface area contributed by atoms with Crippen LogP contribution in [0.2, 0.25) is 0 Å². The van der Waals surface area contributed by atoms with Gasteiger partial charge in [-0.15, -0.1) is 0 Å². The van der Waals surface area contributed by atoms with Crippen molar-refractivity contribution in [3.63, 3.8) is 0 Å². The van der Waals surface area contributed by atoms with Crippen LogP contribution in [0, 0.1) is 0 Å². The second kappa shape index (κ2) is 2.62. The zero-order valence-electron chi connectivity index (χ0n) is 5.83. The fraction of sp³-hybridized carbons (Fsp3) is 0.333. The van der Waals surface area contributed by atoms with E-state index in [0.29, 0.717) is 0 Å². The molecule has 1 aromatic heterocycles. The molecular weight excluding hydrogens is 128 g/mol. The van der Waals surface area contributed by atoms with Crippen LogP contribution in [0.25, 0.3) is 0 Å². The molecule has 0 fully saturated rings. The van der Waals surface area contributed by atoms with Crippen molar-refractivity contribution in [3.05, 3.63) is 24.0 Å². The summed E-state index contributed by atoms with van der Waals surface area (Å²) in [5, 5.41) is 9.93. The topological polar surface area (TPSA) is 67.6 Å². The Hall–Kier alpha value is -1.16. The van der Waals surface area contributed by atoms with Crippen molar-refractivity contribution >= 4 is 0 Å². The second-order valence-corrected chi connectivity index (χ2v) is 2.22. The number of rotatable bonds is 2. The van der Waals surface area contributed by atoms with Crippen molar-refractivity contribution in [2.45, 2.75) is 13.0 Å². The number of aromatic nitrogens is 3. The molecule has 3 N–H and O–H groups in total. The highest BCUT2D eigenvalue weighted by atomic mass is 15.3. The molecule has 1 unspecified atom stereocenters. The Balaban J connectivity index is 2.77. The third-order valence-electron chi connectivity index (χ3n) is 1.28. The van der Waals surface area contributed by atoms with E-state index in [1.54, 1.807) is 6.20 Å². The van der Waals surface area contributed by atoms with E-state index >= 15 is 0 Å². The first kappa shape index (κ1) is 6.95. The largest absolute Gasteiger partial charge is 0.319 e. The van der Waals surface area contributed by atoms with Crippen LogP contribution in [0.4, 0.5) is 0 Å². The van der Waals surface area contributed by atoms with E-state index in [9.17, 15) is 0 Å². The van der Waals surface area contributed by atoms with Crippen molar-refractivity contribution < 1.29 is 0 Å². The molecule has 0 radical (unpaired) electrons. The van der Waals surface area contributed by atoms with Crippen LogP contribution in [0.15, 0.2) is 18.3 Å². The highest BCUT2D eigenvalue weighted by Gasteiger charge is 2.07. The molecule has 0 amide bonds. The second-order valence-electron chi connectivity index (χ2n) is 2.22. The summed E-state index contributed by atoms with van der Waals surface area (Å²) >= 11 is 0. The van der Waals surface area contributed by atoms with Crippen LogP contribution in [-0.2, 0) is 0 Å². The molecule has 0 saturated heterocycles. The predicted molar refractivity (Wildman–Crippen MR) is 38.1 cm³/mol. The van der Waals surface area contributed by atoms with E-state index in [1.807, 2.05) is 6.92 Å². The van der Waals surface area contributed by atoms with Crippen LogP contribution >= 0.6 is 0 Å². The lowest BCUT2D eigenvalue weighted by atomic mass is 10.1. The van der Waals surface area contributed by atoms with E-state index in [2.05, 4.69) is 22.0 Å². The predicted octanol–water partition coefficient (Wildman–Crippen LogP) is 0.381. The van der Waals surface area contributed by atoms with Crippen molar-refractivity contribution in [3.8, 4) is 0 Å². The van der Waals surface area contributed by atoms with Crippen LogP contribution in [-0.4, -0.2) is 15.4 Å². The molecule has 0 aliphatic heterocycles. The highest BCUT2D eigenvalue weighted by molar-refractivity contribution is 5.13. The number of hydrogen-bond acceptors (Lipinski definition) is 3. The van der Waals surface area contributed by atoms with Gasteiger partial charge in [0.2, 0.25) is 0 Å². The molecule has 0 aromatic carbocycles. The molecule has 0 saturated carbocycles. The smallest absolute Gasteiger partial charge is 0.103 e. The lowest BCUT2D eigenvalue weighted by molar-refractivity contribution is 0.795. The minimum absolute atomic E-state index is 0.196. The number of H-pyrrole nitrogens is 1. The van der Waals surface area contributed by atoms with E-state index in [0.717, 1.165) is 11.3 Å². The van der Waals surface area contributed by atoms with Crippen LogP contribution in [0.5, 0.6) is 0 Å². The monoisotopic (exact) mass is 138 g/mol. The molecule has 1 atom stereocenters. The fourth-order valence-electron chi connectivity index (χ4n) is 0.613. The van der Waals surface area contributed by atoms with Crippen LogP contribution in [0.3, 0.4) is 0 Å². The Morgan fingerprint density at radius 3 is 3.00 bits per heavy atom. The zero-order chi connectivity index (χ0) is 7.56. The lowest BCUT2D eigenvalue weighted by Crippen LogP contribution is -2.11. The molecule has 1 rings (SSSR count). The maximum Gasteiger partial charge on any atom is 0.103 e. The molecule has 10 heavy (non-hydrogen) atoms. The standard InChI is InChI=1S/C6H10N4/c1-4(2)6(7)5-3-8-10-9-5/h3,6H,1,7H2,2H3,(H,8,9,10). The maximum atomic E-state index is 5.66. The van der Waals surface area contributed by atoms with E-state index in [1.165, 1.54) is 0 Å². The molecule has 1 heterocycles. The van der Waals surface area contributed by atoms with Gasteiger partial charge in [0.1, 0.15) is 5.69 Å². The van der Waals surface area contributed by atoms with Crippen molar-refractivity contribution in [1.82, 2.24) is 15.4 Å². The molecule has 54 valence electrons. The van der Waals surface area contributed by atoms with Crippen molar-refractivity contribution in [2.75, 3.05) is 0 Å². The number of nitrogens with one attached hydrogen (secondary N) is 1. The maximum absolute atomic E-state index is 5.66. The average molecular weight is 138 g/mol. The van der Waals surface area contributed by atoms with Gasteiger partial charge in [0.15, 0.2) is 0 Å². The van der Waals surface area contributed by atoms with Gasteiger partial charge in [-0.1, -0.05) is 12.2 Å². The number of nitrogens with two attached hydrogens (primary N) is 1. The number of aromatic amines is 1. The quantitative estimate of drug-likeness (QED) is 0.580. The van der Waals surface area contributed by atoms with Crippen LogP contribution < -0.4 is 5.73 Å². The van der Waals surface area contributed by atoms with Gasteiger partial charge in [-0.25, -0.2) is 0 Å². The minimum atomic E-state index is -0.196. The van der Waals surface area contributed by atoms with Gasteiger partial charge in [-0.05, 0) is 6.92 Å². The van der Waals surface area contributed by atoms with E-state index in [-0.39, 0.29) is 6.04 Å². The number of nitrogens with zero attached hydrogens (tertiary/aromatic N) is 2. The summed E-state index contributed by atoms with van der Waals surface area (Å²) in [6.45, 7) is 5.56. The zero-order valence-corrected chi connectivity index (χ0v) is 5.83. The summed E-state index contributed by atoms with van der Waals surface area (Å²) in [6.07, 6.45) is 1.60. The van der Waals surface area contributed by atoms with Gasteiger partial charge in [0.05, 0.1) is 12.2 Å². The first-order valence-electron chi connectivity index (χ1n) is 2.98. The Morgan fingerprint density at radius 2 is 2.60 bits per heavy atom. The van der Waals surface area contributed by atoms with Gasteiger partial charge < -0.3 is 5.73 Å². The molecule has 4 nitrogen and oxygen atoms in total. The van der Waals surface area contributed by atoms with Crippen LogP contribution in [0.1, 0.15) is 18.7 Å². The molecule has 4 heteroatoms. The summed E-state index contributed by atoms with van der Waals surface area (Å²) in [4.78, 5) is 0. The van der Waals surface area contributed by atoms with Gasteiger partial charge >= 0.3 is 0 Å². The molecule has 0 aliphatic carbocycles.